The molecule has 0 radical (unpaired) electrons. The van der Waals surface area contributed by atoms with E-state index in [1.54, 1.807) is 6.92 Å². The van der Waals surface area contributed by atoms with Gasteiger partial charge in [0.2, 0.25) is 11.8 Å². The number of nitrogens with zero attached hydrogens (tertiary/aromatic N) is 1. The van der Waals surface area contributed by atoms with Gasteiger partial charge in [-0.25, -0.2) is 0 Å². The molecule has 0 saturated carbocycles. The van der Waals surface area contributed by atoms with Crippen molar-refractivity contribution < 1.29 is 33.5 Å². The van der Waals surface area contributed by atoms with Gasteiger partial charge in [0.05, 0.1) is 11.7 Å². The molecule has 0 fully saturated rings. The van der Waals surface area contributed by atoms with E-state index < -0.39 is 19.0 Å². The molecule has 2 heterocycles. The number of nitrogens with one attached hydrogen (secondary N) is 1. The van der Waals surface area contributed by atoms with E-state index in [9.17, 15) is 23.7 Å². The molecule has 234 valence electrons. The number of para-hydroxylation sites is 1. The average molecular weight is 622 g/mol. The van der Waals surface area contributed by atoms with Gasteiger partial charge in [-0.05, 0) is 60.4 Å². The van der Waals surface area contributed by atoms with Gasteiger partial charge in [0.1, 0.15) is 0 Å². The Labute approximate surface area is 257 Å². The molecular weight excluding hydrogens is 581 g/mol. The van der Waals surface area contributed by atoms with Gasteiger partial charge in [-0.3, -0.25) is 23.7 Å². The summed E-state index contributed by atoms with van der Waals surface area (Å²) in [4.78, 5) is 70.7. The van der Waals surface area contributed by atoms with Crippen molar-refractivity contribution in [3.05, 3.63) is 83.1 Å². The second-order valence-corrected chi connectivity index (χ2v) is 13.5. The lowest BCUT2D eigenvalue weighted by atomic mass is 9.92. The Balaban J connectivity index is 1.52. The van der Waals surface area contributed by atoms with Crippen LogP contribution in [0, 0.1) is 11.8 Å². The Morgan fingerprint density at radius 2 is 1.75 bits per heavy atom. The van der Waals surface area contributed by atoms with E-state index in [-0.39, 0.29) is 54.0 Å². The molecule has 0 aromatic heterocycles. The molecule has 0 bridgehead atoms. The summed E-state index contributed by atoms with van der Waals surface area (Å²) in [7, 11) is -4.90. The molecule has 2 aromatic rings. The Kier molecular flexibility index (Phi) is 10.1. The summed E-state index contributed by atoms with van der Waals surface area (Å²) in [6.45, 7) is 10.1. The Morgan fingerprint density at radius 3 is 2.36 bits per heavy atom. The van der Waals surface area contributed by atoms with Crippen molar-refractivity contribution in [3.63, 3.8) is 0 Å². The molecule has 2 amide bonds. The number of hydrogen-bond acceptors (Lipinski definition) is 6. The minimum absolute atomic E-state index is 0.0185. The third-order valence-electron chi connectivity index (χ3n) is 8.47. The number of primary amides is 1. The van der Waals surface area contributed by atoms with Crippen molar-refractivity contribution in [2.45, 2.75) is 71.4 Å². The molecule has 2 aromatic carbocycles. The van der Waals surface area contributed by atoms with Crippen LogP contribution in [0.4, 0.5) is 5.69 Å². The SMILES string of the molecule is C=C(N[C@@H](CCC(N)=O)C(C)C)[C@@H]1Cc2cccc3c2N1C(=O)[C@@H](CC(=O)/C=C(\C)c1ccc(C(=O)P(=O)(O)O)cc1)CC3. The molecule has 3 atom stereocenters. The number of hydrogen-bond donors (Lipinski definition) is 4. The number of nitrogens with two attached hydrogens (primary N) is 1. The second-order valence-electron chi connectivity index (χ2n) is 12.0. The predicted molar refractivity (Wildman–Crippen MR) is 169 cm³/mol. The third kappa shape index (κ3) is 7.44. The standard InChI is InChI=1S/C33H40N3O7P/c1-19(2)28(14-15-30(34)38)35-21(4)29-18-25-7-5-6-23-10-13-26(32(39)36(29)31(23)25)17-27(37)16-20(3)22-8-11-24(12-9-22)33(40)44(41,42)43/h5-9,11-12,16,19,26,28-29,35H,4,10,13-15,17-18H2,1-3H3,(H2,34,38)(H2,41,42,43)/b20-16+/t26-,28+,29+/m1/s1. The predicted octanol–water partition coefficient (Wildman–Crippen LogP) is 4.28. The van der Waals surface area contributed by atoms with Gasteiger partial charge < -0.3 is 25.7 Å². The van der Waals surface area contributed by atoms with Crippen LogP contribution in [0.1, 0.15) is 73.5 Å². The zero-order valence-electron chi connectivity index (χ0n) is 25.3. The lowest BCUT2D eigenvalue weighted by Gasteiger charge is -2.33. The van der Waals surface area contributed by atoms with E-state index in [0.29, 0.717) is 42.5 Å². The minimum atomic E-state index is -4.90. The molecule has 2 aliphatic rings. The summed E-state index contributed by atoms with van der Waals surface area (Å²) >= 11 is 0. The highest BCUT2D eigenvalue weighted by Gasteiger charge is 2.42. The lowest BCUT2D eigenvalue weighted by Crippen LogP contribution is -2.47. The van der Waals surface area contributed by atoms with Crippen LogP contribution in [-0.4, -0.2) is 45.0 Å². The van der Waals surface area contributed by atoms with Gasteiger partial charge in [0.15, 0.2) is 5.78 Å². The molecule has 4 rings (SSSR count). The number of benzene rings is 2. The number of aryl methyl sites for hydroxylation is 1. The van der Waals surface area contributed by atoms with Gasteiger partial charge in [-0.15, -0.1) is 0 Å². The molecule has 0 unspecified atom stereocenters. The quantitative estimate of drug-likeness (QED) is 0.190. The van der Waals surface area contributed by atoms with E-state index in [2.05, 4.69) is 25.7 Å². The van der Waals surface area contributed by atoms with Crippen molar-refractivity contribution in [1.29, 1.82) is 0 Å². The van der Waals surface area contributed by atoms with Crippen LogP contribution in [0.25, 0.3) is 5.57 Å². The average Bonchev–Trinajstić information content (AvgIpc) is 3.30. The highest BCUT2D eigenvalue weighted by atomic mass is 31.2. The normalized spacial score (nSPS) is 18.9. The Morgan fingerprint density at radius 1 is 1.11 bits per heavy atom. The van der Waals surface area contributed by atoms with Crippen molar-refractivity contribution >= 4 is 42.0 Å². The van der Waals surface area contributed by atoms with Crippen LogP contribution in [0.2, 0.25) is 0 Å². The number of anilines is 1. The highest BCUT2D eigenvalue weighted by Crippen LogP contribution is 2.42. The fourth-order valence-electron chi connectivity index (χ4n) is 6.03. The number of amides is 2. The van der Waals surface area contributed by atoms with Gasteiger partial charge in [0.25, 0.3) is 5.52 Å². The zero-order valence-corrected chi connectivity index (χ0v) is 26.2. The molecule has 0 saturated heterocycles. The molecule has 44 heavy (non-hydrogen) atoms. The first-order chi connectivity index (χ1) is 20.7. The molecule has 0 spiro atoms. The maximum Gasteiger partial charge on any atom is 0.396 e. The summed E-state index contributed by atoms with van der Waals surface area (Å²) in [6.07, 6.45) is 4.05. The van der Waals surface area contributed by atoms with Crippen LogP contribution in [-0.2, 0) is 31.8 Å². The van der Waals surface area contributed by atoms with Gasteiger partial charge in [-0.2, -0.15) is 0 Å². The van der Waals surface area contributed by atoms with Gasteiger partial charge >= 0.3 is 7.60 Å². The van der Waals surface area contributed by atoms with E-state index >= 15 is 0 Å². The number of allylic oxidation sites excluding steroid dienone is 2. The molecule has 11 heteroatoms. The largest absolute Gasteiger partial charge is 0.396 e. The van der Waals surface area contributed by atoms with Crippen molar-refractivity contribution in [1.82, 2.24) is 5.32 Å². The summed E-state index contributed by atoms with van der Waals surface area (Å²) in [6, 6.07) is 11.3. The van der Waals surface area contributed by atoms with E-state index in [0.717, 1.165) is 16.8 Å². The van der Waals surface area contributed by atoms with Crippen LogP contribution in [0.15, 0.2) is 60.8 Å². The first kappa shape index (κ1) is 33.1. The summed E-state index contributed by atoms with van der Waals surface area (Å²) in [5, 5.41) is 3.48. The number of carbonyl (C=O) groups is 4. The molecule has 5 N–H and O–H groups in total. The fourth-order valence-corrected chi connectivity index (χ4v) is 6.52. The number of carbonyl (C=O) groups excluding carboxylic acids is 4. The minimum Gasteiger partial charge on any atom is -0.384 e. The zero-order chi connectivity index (χ0) is 32.3. The van der Waals surface area contributed by atoms with E-state index in [4.69, 9.17) is 15.5 Å². The van der Waals surface area contributed by atoms with E-state index in [1.807, 2.05) is 23.1 Å². The molecule has 10 nitrogen and oxygen atoms in total. The highest BCUT2D eigenvalue weighted by molar-refractivity contribution is 7.70. The topological polar surface area (TPSA) is 167 Å². The Bertz CT molecular complexity index is 1560. The molecule has 2 aliphatic heterocycles. The van der Waals surface area contributed by atoms with Crippen molar-refractivity contribution in [3.8, 4) is 0 Å². The van der Waals surface area contributed by atoms with E-state index in [1.165, 1.54) is 30.3 Å². The van der Waals surface area contributed by atoms with Crippen LogP contribution < -0.4 is 16.0 Å². The number of ketones is 1. The molecular formula is C33H40N3O7P. The first-order valence-electron chi connectivity index (χ1n) is 14.8. The van der Waals surface area contributed by atoms with Crippen molar-refractivity contribution in [2.75, 3.05) is 4.90 Å². The van der Waals surface area contributed by atoms with Gasteiger partial charge in [0, 0.05) is 42.5 Å². The molecule has 0 aliphatic carbocycles. The third-order valence-corrected chi connectivity index (χ3v) is 9.26. The maximum atomic E-state index is 14.1. The van der Waals surface area contributed by atoms with Gasteiger partial charge in [-0.1, -0.05) is 62.9 Å². The summed E-state index contributed by atoms with van der Waals surface area (Å²) < 4.78 is 11.3. The number of rotatable bonds is 13. The smallest absolute Gasteiger partial charge is 0.384 e. The van der Waals surface area contributed by atoms with Crippen LogP contribution in [0.3, 0.4) is 0 Å². The van der Waals surface area contributed by atoms with Crippen molar-refractivity contribution in [2.24, 2.45) is 17.6 Å². The second kappa shape index (κ2) is 13.4. The van der Waals surface area contributed by atoms with Crippen LogP contribution >= 0.6 is 7.60 Å². The fraction of sp³-hybridized carbons (Fsp3) is 0.394. The first-order valence-corrected chi connectivity index (χ1v) is 16.4. The Hall–Kier alpha value is -3.85. The summed E-state index contributed by atoms with van der Waals surface area (Å²) in [5.74, 6) is -1.05. The lowest BCUT2D eigenvalue weighted by molar-refractivity contribution is -0.126. The maximum absolute atomic E-state index is 14.1. The monoisotopic (exact) mass is 621 g/mol. The summed E-state index contributed by atoms with van der Waals surface area (Å²) in [5.41, 5.74) is 8.93. The van der Waals surface area contributed by atoms with Crippen LogP contribution in [0.5, 0.6) is 0 Å².